The molecule has 0 aliphatic rings. The molecule has 0 spiro atoms. The highest BCUT2D eigenvalue weighted by Crippen LogP contribution is 2.24. The van der Waals surface area contributed by atoms with Crippen molar-refractivity contribution in [3.8, 4) is 5.75 Å². The molecule has 6 nitrogen and oxygen atoms in total. The van der Waals surface area contributed by atoms with E-state index in [-0.39, 0.29) is 17.5 Å². The van der Waals surface area contributed by atoms with E-state index in [9.17, 15) is 9.59 Å². The molecule has 2 rings (SSSR count). The summed E-state index contributed by atoms with van der Waals surface area (Å²) < 4.78 is 5.52. The Morgan fingerprint density at radius 1 is 1.19 bits per heavy atom. The summed E-state index contributed by atoms with van der Waals surface area (Å²) in [5.41, 5.74) is 1.22. The van der Waals surface area contributed by atoms with Crippen molar-refractivity contribution in [2.75, 3.05) is 25.5 Å². The van der Waals surface area contributed by atoms with Crippen LogP contribution in [0.5, 0.6) is 5.75 Å². The number of nitrogens with zero attached hydrogens (tertiary/aromatic N) is 2. The zero-order valence-electron chi connectivity index (χ0n) is 15.5. The van der Waals surface area contributed by atoms with Crippen LogP contribution in [0.1, 0.15) is 47.5 Å². The molecule has 1 aromatic carbocycles. The second kappa shape index (κ2) is 9.56. The maximum absolute atomic E-state index is 12.6. The summed E-state index contributed by atoms with van der Waals surface area (Å²) in [7, 11) is 1.74. The number of anilines is 1. The number of nitrogens with one attached hydrogen (secondary N) is 1. The Hall–Kier alpha value is -2.89. The van der Waals surface area contributed by atoms with Crippen molar-refractivity contribution < 1.29 is 14.3 Å². The topological polar surface area (TPSA) is 71.5 Å². The van der Waals surface area contributed by atoms with Crippen LogP contribution in [0.2, 0.25) is 0 Å². The smallest absolute Gasteiger partial charge is 0.272 e. The number of ether oxygens (including phenoxy) is 1. The summed E-state index contributed by atoms with van der Waals surface area (Å²) >= 11 is 0. The van der Waals surface area contributed by atoms with Gasteiger partial charge in [-0.05, 0) is 37.6 Å². The predicted molar refractivity (Wildman–Crippen MR) is 102 cm³/mol. The van der Waals surface area contributed by atoms with Gasteiger partial charge in [0.15, 0.2) is 0 Å². The fourth-order valence-corrected chi connectivity index (χ4v) is 2.43. The maximum Gasteiger partial charge on any atom is 0.272 e. The van der Waals surface area contributed by atoms with Gasteiger partial charge < -0.3 is 15.0 Å². The van der Waals surface area contributed by atoms with E-state index in [1.165, 1.54) is 12.3 Å². The van der Waals surface area contributed by atoms with Gasteiger partial charge in [0.1, 0.15) is 11.4 Å². The van der Waals surface area contributed by atoms with Gasteiger partial charge in [0, 0.05) is 25.4 Å². The lowest BCUT2D eigenvalue weighted by atomic mass is 10.2. The van der Waals surface area contributed by atoms with Crippen molar-refractivity contribution >= 4 is 17.5 Å². The van der Waals surface area contributed by atoms with Gasteiger partial charge in [-0.15, -0.1) is 0 Å². The molecular formula is C20H25N3O3. The molecular weight excluding hydrogens is 330 g/mol. The minimum Gasteiger partial charge on any atom is -0.492 e. The van der Waals surface area contributed by atoms with E-state index in [4.69, 9.17) is 4.74 Å². The van der Waals surface area contributed by atoms with Gasteiger partial charge in [-0.2, -0.15) is 0 Å². The third-order valence-corrected chi connectivity index (χ3v) is 3.87. The molecule has 6 heteroatoms. The minimum absolute atomic E-state index is 0.192. The molecule has 26 heavy (non-hydrogen) atoms. The number of amides is 2. The maximum atomic E-state index is 12.6. The number of unbranched alkanes of at least 4 members (excludes halogenated alkanes) is 1. The number of aromatic nitrogens is 1. The first-order chi connectivity index (χ1) is 12.6. The van der Waals surface area contributed by atoms with Crippen molar-refractivity contribution in [3.05, 3.63) is 53.9 Å². The molecule has 2 aromatic rings. The molecule has 0 radical (unpaired) electrons. The normalized spacial score (nSPS) is 10.3. The number of carbonyl (C=O) groups is 2. The van der Waals surface area contributed by atoms with Crippen LogP contribution in [-0.4, -0.2) is 41.9 Å². The molecule has 1 N–H and O–H groups in total. The molecule has 0 saturated carbocycles. The Morgan fingerprint density at radius 2 is 1.96 bits per heavy atom. The molecule has 0 atom stereocenters. The Morgan fingerprint density at radius 3 is 2.69 bits per heavy atom. The molecule has 2 amide bonds. The summed E-state index contributed by atoms with van der Waals surface area (Å²) in [4.78, 5) is 30.7. The van der Waals surface area contributed by atoms with E-state index in [2.05, 4.69) is 17.2 Å². The standard InChI is InChI=1S/C20H25N3O3/c1-4-6-13-23(3)20(25)17-14-15(11-12-21-17)19(24)22-16-9-7-8-10-18(16)26-5-2/h7-12,14H,4-6,13H2,1-3H3,(H,22,24). The minimum atomic E-state index is -0.315. The summed E-state index contributed by atoms with van der Waals surface area (Å²) in [5.74, 6) is 0.0978. The molecule has 138 valence electrons. The second-order valence-corrected chi connectivity index (χ2v) is 5.89. The molecule has 1 heterocycles. The van der Waals surface area contributed by atoms with Crippen LogP contribution in [0.15, 0.2) is 42.6 Å². The van der Waals surface area contributed by atoms with Crippen LogP contribution in [0.25, 0.3) is 0 Å². The molecule has 0 bridgehead atoms. The van der Waals surface area contributed by atoms with E-state index in [0.717, 1.165) is 12.8 Å². The monoisotopic (exact) mass is 355 g/mol. The molecule has 1 aromatic heterocycles. The van der Waals surface area contributed by atoms with E-state index < -0.39 is 0 Å². The lowest BCUT2D eigenvalue weighted by Gasteiger charge is -2.16. The lowest BCUT2D eigenvalue weighted by molar-refractivity contribution is 0.0787. The Kier molecular flexibility index (Phi) is 7.14. The fraction of sp³-hybridized carbons (Fsp3) is 0.350. The third kappa shape index (κ3) is 5.05. The van der Waals surface area contributed by atoms with Crippen molar-refractivity contribution in [2.45, 2.75) is 26.7 Å². The number of carbonyl (C=O) groups excluding carboxylic acids is 2. The third-order valence-electron chi connectivity index (χ3n) is 3.87. The largest absolute Gasteiger partial charge is 0.492 e. The highest BCUT2D eigenvalue weighted by Gasteiger charge is 2.16. The van der Waals surface area contributed by atoms with Crippen LogP contribution < -0.4 is 10.1 Å². The number of pyridine rings is 1. The van der Waals surface area contributed by atoms with Gasteiger partial charge in [0.2, 0.25) is 0 Å². The van der Waals surface area contributed by atoms with E-state index in [1.807, 2.05) is 19.1 Å². The van der Waals surface area contributed by atoms with Crippen molar-refractivity contribution in [1.82, 2.24) is 9.88 Å². The number of hydrogen-bond donors (Lipinski definition) is 1. The van der Waals surface area contributed by atoms with E-state index >= 15 is 0 Å². The number of benzene rings is 1. The van der Waals surface area contributed by atoms with Gasteiger partial charge in [-0.25, -0.2) is 0 Å². The fourth-order valence-electron chi connectivity index (χ4n) is 2.43. The summed E-state index contributed by atoms with van der Waals surface area (Å²) in [6.07, 6.45) is 3.41. The van der Waals surface area contributed by atoms with Gasteiger partial charge in [0.25, 0.3) is 11.8 Å². The van der Waals surface area contributed by atoms with Crippen LogP contribution in [0.4, 0.5) is 5.69 Å². The first-order valence-electron chi connectivity index (χ1n) is 8.81. The molecule has 0 fully saturated rings. The average molecular weight is 355 g/mol. The number of para-hydroxylation sites is 2. The highest BCUT2D eigenvalue weighted by atomic mass is 16.5. The number of rotatable bonds is 8. The lowest BCUT2D eigenvalue weighted by Crippen LogP contribution is -2.28. The van der Waals surface area contributed by atoms with Crippen LogP contribution in [0.3, 0.4) is 0 Å². The number of hydrogen-bond acceptors (Lipinski definition) is 4. The van der Waals surface area contributed by atoms with Crippen molar-refractivity contribution in [3.63, 3.8) is 0 Å². The molecule has 0 aliphatic heterocycles. The first-order valence-corrected chi connectivity index (χ1v) is 8.81. The quantitative estimate of drug-likeness (QED) is 0.785. The van der Waals surface area contributed by atoms with Crippen molar-refractivity contribution in [2.24, 2.45) is 0 Å². The molecule has 0 unspecified atom stereocenters. The SMILES string of the molecule is CCCCN(C)C(=O)c1cc(C(=O)Nc2ccccc2OCC)ccn1. The predicted octanol–water partition coefficient (Wildman–Crippen LogP) is 3.60. The van der Waals surface area contributed by atoms with E-state index in [1.54, 1.807) is 30.1 Å². The van der Waals surface area contributed by atoms with Crippen LogP contribution >= 0.6 is 0 Å². The van der Waals surface area contributed by atoms with Gasteiger partial charge in [0.05, 0.1) is 12.3 Å². The second-order valence-electron chi connectivity index (χ2n) is 5.89. The van der Waals surface area contributed by atoms with Crippen molar-refractivity contribution in [1.29, 1.82) is 0 Å². The van der Waals surface area contributed by atoms with Gasteiger partial charge in [-0.1, -0.05) is 25.5 Å². The van der Waals surface area contributed by atoms with Gasteiger partial charge in [-0.3, -0.25) is 14.6 Å². The average Bonchev–Trinajstić information content (AvgIpc) is 2.67. The first kappa shape index (κ1) is 19.4. The molecule has 0 aliphatic carbocycles. The summed E-state index contributed by atoms with van der Waals surface area (Å²) in [6.45, 7) is 5.12. The highest BCUT2D eigenvalue weighted by molar-refractivity contribution is 6.06. The zero-order chi connectivity index (χ0) is 18.9. The zero-order valence-corrected chi connectivity index (χ0v) is 15.5. The Labute approximate surface area is 154 Å². The van der Waals surface area contributed by atoms with Crippen LogP contribution in [-0.2, 0) is 0 Å². The Balaban J connectivity index is 2.14. The summed E-state index contributed by atoms with van der Waals surface area (Å²) in [6, 6.07) is 10.3. The summed E-state index contributed by atoms with van der Waals surface area (Å²) in [5, 5.41) is 2.82. The van der Waals surface area contributed by atoms with Crippen LogP contribution in [0, 0.1) is 0 Å². The van der Waals surface area contributed by atoms with E-state index in [0.29, 0.717) is 30.2 Å². The Bertz CT molecular complexity index is 761. The van der Waals surface area contributed by atoms with Gasteiger partial charge >= 0.3 is 0 Å². The molecule has 0 saturated heterocycles.